The van der Waals surface area contributed by atoms with Crippen LogP contribution in [0.1, 0.15) is 10.4 Å². The minimum atomic E-state index is -0.541. The van der Waals surface area contributed by atoms with Crippen molar-refractivity contribution < 1.29 is 23.5 Å². The Morgan fingerprint density at radius 3 is 2.63 bits per heavy atom. The third kappa shape index (κ3) is 4.67. The first-order valence-electron chi connectivity index (χ1n) is 5.69. The highest BCUT2D eigenvalue weighted by molar-refractivity contribution is 5.95. The summed E-state index contributed by atoms with van der Waals surface area (Å²) in [5.41, 5.74) is 0.181. The van der Waals surface area contributed by atoms with Crippen molar-refractivity contribution in [2.75, 3.05) is 33.9 Å². The van der Waals surface area contributed by atoms with Crippen LogP contribution in [0.4, 0.5) is 4.39 Å². The van der Waals surface area contributed by atoms with Gasteiger partial charge in [0.2, 0.25) is 0 Å². The molecule has 0 saturated heterocycles. The Hall–Kier alpha value is -1.95. The van der Waals surface area contributed by atoms with E-state index in [-0.39, 0.29) is 25.3 Å². The molecule has 0 saturated carbocycles. The summed E-state index contributed by atoms with van der Waals surface area (Å²) in [7, 11) is 2.73. The first kappa shape index (κ1) is 15.1. The van der Waals surface area contributed by atoms with Gasteiger partial charge in [0, 0.05) is 19.2 Å². The molecule has 0 bridgehead atoms. The van der Waals surface area contributed by atoms with Gasteiger partial charge in [-0.25, -0.2) is 4.39 Å². The lowest BCUT2D eigenvalue weighted by Crippen LogP contribution is -2.38. The molecule has 19 heavy (non-hydrogen) atoms. The SMILES string of the molecule is COCCN(CC(=O)OC)C(=O)c1cccc(F)c1. The predicted molar refractivity (Wildman–Crippen MR) is 66.2 cm³/mol. The molecule has 5 nitrogen and oxygen atoms in total. The number of rotatable bonds is 6. The van der Waals surface area contributed by atoms with Crippen LogP contribution in [-0.2, 0) is 14.3 Å². The fourth-order valence-corrected chi connectivity index (χ4v) is 1.48. The lowest BCUT2D eigenvalue weighted by atomic mass is 10.2. The van der Waals surface area contributed by atoms with Gasteiger partial charge in [-0.05, 0) is 18.2 Å². The van der Waals surface area contributed by atoms with E-state index in [9.17, 15) is 14.0 Å². The number of esters is 1. The van der Waals surface area contributed by atoms with Crippen LogP contribution >= 0.6 is 0 Å². The summed E-state index contributed by atoms with van der Waals surface area (Å²) in [6.07, 6.45) is 0. The lowest BCUT2D eigenvalue weighted by Gasteiger charge is -2.21. The molecule has 0 radical (unpaired) electrons. The molecule has 1 rings (SSSR count). The van der Waals surface area contributed by atoms with Gasteiger partial charge in [-0.2, -0.15) is 0 Å². The number of hydrogen-bond acceptors (Lipinski definition) is 4. The van der Waals surface area contributed by atoms with Crippen LogP contribution in [-0.4, -0.2) is 50.7 Å². The van der Waals surface area contributed by atoms with E-state index in [2.05, 4.69) is 4.74 Å². The number of carbonyl (C=O) groups is 2. The first-order valence-corrected chi connectivity index (χ1v) is 5.69. The van der Waals surface area contributed by atoms with Gasteiger partial charge in [-0.3, -0.25) is 9.59 Å². The van der Waals surface area contributed by atoms with Crippen molar-refractivity contribution >= 4 is 11.9 Å². The molecule has 0 unspecified atom stereocenters. The molecule has 0 aliphatic heterocycles. The molecule has 1 aromatic carbocycles. The number of benzene rings is 1. The third-order valence-corrected chi connectivity index (χ3v) is 2.47. The summed E-state index contributed by atoms with van der Waals surface area (Å²) in [6, 6.07) is 5.30. The van der Waals surface area contributed by atoms with Crippen molar-refractivity contribution in [1.29, 1.82) is 0 Å². The Labute approximate surface area is 110 Å². The van der Waals surface area contributed by atoms with Gasteiger partial charge in [0.25, 0.3) is 5.91 Å². The van der Waals surface area contributed by atoms with Gasteiger partial charge in [0.15, 0.2) is 0 Å². The zero-order valence-electron chi connectivity index (χ0n) is 10.9. The number of methoxy groups -OCH3 is 2. The summed E-state index contributed by atoms with van der Waals surface area (Å²) in [6.45, 7) is 0.300. The highest BCUT2D eigenvalue weighted by Gasteiger charge is 2.19. The van der Waals surface area contributed by atoms with Gasteiger partial charge in [-0.15, -0.1) is 0 Å². The van der Waals surface area contributed by atoms with Crippen LogP contribution in [0.25, 0.3) is 0 Å². The summed E-state index contributed by atoms with van der Waals surface area (Å²) in [5.74, 6) is -1.49. The van der Waals surface area contributed by atoms with E-state index >= 15 is 0 Å². The van der Waals surface area contributed by atoms with E-state index in [0.717, 1.165) is 6.07 Å². The minimum Gasteiger partial charge on any atom is -0.468 e. The smallest absolute Gasteiger partial charge is 0.325 e. The standard InChI is InChI=1S/C13H16FNO4/c1-18-7-6-15(9-12(16)19-2)13(17)10-4-3-5-11(14)8-10/h3-5,8H,6-7,9H2,1-2H3. The summed E-state index contributed by atoms with van der Waals surface area (Å²) >= 11 is 0. The average Bonchev–Trinajstić information content (AvgIpc) is 2.42. The number of halogens is 1. The van der Waals surface area contributed by atoms with Gasteiger partial charge >= 0.3 is 5.97 Å². The van der Waals surface area contributed by atoms with Gasteiger partial charge in [-0.1, -0.05) is 6.07 Å². The second-order valence-corrected chi connectivity index (χ2v) is 3.81. The normalized spacial score (nSPS) is 10.1. The zero-order chi connectivity index (χ0) is 14.3. The number of amides is 1. The Balaban J connectivity index is 2.83. The van der Waals surface area contributed by atoms with E-state index in [1.54, 1.807) is 0 Å². The lowest BCUT2D eigenvalue weighted by molar-refractivity contribution is -0.141. The molecule has 0 aliphatic rings. The van der Waals surface area contributed by atoms with Crippen LogP contribution in [0.2, 0.25) is 0 Å². The molecule has 0 fully saturated rings. The molecule has 0 N–H and O–H groups in total. The molecule has 104 valence electrons. The van der Waals surface area contributed by atoms with Crippen LogP contribution in [0.15, 0.2) is 24.3 Å². The molecule has 1 aromatic rings. The summed E-state index contributed by atoms with van der Waals surface area (Å²) < 4.78 is 22.5. The maximum absolute atomic E-state index is 13.1. The van der Waals surface area contributed by atoms with Crippen molar-refractivity contribution in [2.24, 2.45) is 0 Å². The van der Waals surface area contributed by atoms with Gasteiger partial charge < -0.3 is 14.4 Å². The topological polar surface area (TPSA) is 55.8 Å². The third-order valence-electron chi connectivity index (χ3n) is 2.47. The largest absolute Gasteiger partial charge is 0.468 e. The first-order chi connectivity index (χ1) is 9.08. The predicted octanol–water partition coefficient (Wildman–Crippen LogP) is 1.09. The van der Waals surface area contributed by atoms with Crippen LogP contribution in [0, 0.1) is 5.82 Å². The van der Waals surface area contributed by atoms with E-state index in [1.165, 1.54) is 37.3 Å². The number of nitrogens with zero attached hydrogens (tertiary/aromatic N) is 1. The number of carbonyl (C=O) groups excluding carboxylic acids is 2. The van der Waals surface area contributed by atoms with Crippen molar-refractivity contribution in [3.8, 4) is 0 Å². The molecule has 0 aromatic heterocycles. The monoisotopic (exact) mass is 269 g/mol. The fraction of sp³-hybridized carbons (Fsp3) is 0.385. The van der Waals surface area contributed by atoms with Crippen LogP contribution in [0.3, 0.4) is 0 Å². The minimum absolute atomic E-state index is 0.181. The van der Waals surface area contributed by atoms with Crippen LogP contribution < -0.4 is 0 Å². The Morgan fingerprint density at radius 2 is 2.05 bits per heavy atom. The van der Waals surface area contributed by atoms with Crippen molar-refractivity contribution in [2.45, 2.75) is 0 Å². The van der Waals surface area contributed by atoms with Gasteiger partial charge in [0.1, 0.15) is 12.4 Å². The van der Waals surface area contributed by atoms with Crippen molar-refractivity contribution in [3.05, 3.63) is 35.6 Å². The highest BCUT2D eigenvalue weighted by atomic mass is 19.1. The number of ether oxygens (including phenoxy) is 2. The zero-order valence-corrected chi connectivity index (χ0v) is 10.9. The second-order valence-electron chi connectivity index (χ2n) is 3.81. The van der Waals surface area contributed by atoms with Crippen molar-refractivity contribution in [3.63, 3.8) is 0 Å². The molecule has 0 spiro atoms. The van der Waals surface area contributed by atoms with E-state index < -0.39 is 17.7 Å². The van der Waals surface area contributed by atoms with Crippen molar-refractivity contribution in [1.82, 2.24) is 4.90 Å². The van der Waals surface area contributed by atoms with Gasteiger partial charge in [0.05, 0.1) is 13.7 Å². The van der Waals surface area contributed by atoms with E-state index in [4.69, 9.17) is 4.74 Å². The molecule has 0 aliphatic carbocycles. The van der Waals surface area contributed by atoms with E-state index in [1.807, 2.05) is 0 Å². The summed E-state index contributed by atoms with van der Waals surface area (Å²) in [4.78, 5) is 24.7. The molecule has 0 atom stereocenters. The quantitative estimate of drug-likeness (QED) is 0.725. The maximum Gasteiger partial charge on any atom is 0.325 e. The molecular formula is C13H16FNO4. The fourth-order valence-electron chi connectivity index (χ4n) is 1.48. The number of hydrogen-bond donors (Lipinski definition) is 0. The average molecular weight is 269 g/mol. The Kier molecular flexibility index (Phi) is 5.95. The molecule has 0 heterocycles. The highest BCUT2D eigenvalue weighted by Crippen LogP contribution is 2.07. The Bertz CT molecular complexity index is 450. The summed E-state index contributed by atoms with van der Waals surface area (Å²) in [5, 5.41) is 0. The molecular weight excluding hydrogens is 253 g/mol. The maximum atomic E-state index is 13.1. The molecule has 1 amide bonds. The van der Waals surface area contributed by atoms with E-state index in [0.29, 0.717) is 0 Å². The second kappa shape index (κ2) is 7.48. The van der Waals surface area contributed by atoms with Crippen LogP contribution in [0.5, 0.6) is 0 Å². The molecule has 6 heteroatoms. The Morgan fingerprint density at radius 1 is 1.32 bits per heavy atom.